The molecule has 0 unspecified atom stereocenters. The number of aromatic nitrogens is 4. The number of imidazole rings is 1. The highest BCUT2D eigenvalue weighted by Gasteiger charge is 2.43. The number of hydrogen-bond acceptors (Lipinski definition) is 9. The van der Waals surface area contributed by atoms with Gasteiger partial charge in [-0.1, -0.05) is 11.3 Å². The van der Waals surface area contributed by atoms with Crippen LogP contribution in [0.4, 0.5) is 8.78 Å². The Morgan fingerprint density at radius 3 is 2.84 bits per heavy atom. The van der Waals surface area contributed by atoms with E-state index in [9.17, 15) is 14.0 Å². The van der Waals surface area contributed by atoms with Gasteiger partial charge in [0.1, 0.15) is 16.8 Å². The third-order valence-electron chi connectivity index (χ3n) is 4.75. The molecular weight excluding hydrogens is 446 g/mol. The minimum Gasteiger partial charge on any atom is -0.491 e. The van der Waals surface area contributed by atoms with Crippen molar-refractivity contribution < 1.29 is 18.3 Å². The van der Waals surface area contributed by atoms with Crippen molar-refractivity contribution in [2.75, 3.05) is 20.3 Å². The molecule has 3 aromatic rings. The second kappa shape index (κ2) is 9.04. The maximum atomic E-state index is 13.0. The Hall–Kier alpha value is -2.33. The van der Waals surface area contributed by atoms with Crippen LogP contribution in [0.15, 0.2) is 17.2 Å². The Kier molecular flexibility index (Phi) is 6.38. The van der Waals surface area contributed by atoms with E-state index in [-0.39, 0.29) is 5.01 Å². The Morgan fingerprint density at radius 2 is 2.19 bits per heavy atom. The van der Waals surface area contributed by atoms with E-state index >= 15 is 0 Å². The molecule has 164 valence electrons. The van der Waals surface area contributed by atoms with Gasteiger partial charge in [0.25, 0.3) is 6.43 Å². The van der Waals surface area contributed by atoms with Gasteiger partial charge < -0.3 is 9.47 Å². The SMILES string of the molecule is COCCCOc1cc(SNC2(C#N)CC2)cn2c(-c3nnc(C(F)F)s3)nc(C)c12. The molecule has 0 aliphatic heterocycles. The van der Waals surface area contributed by atoms with Gasteiger partial charge >= 0.3 is 0 Å². The standard InChI is InChI=1S/C19H20F2N6O2S2/c1-11-14-13(29-7-3-6-28-2)8-12(31-26-19(10-22)4-5-19)9-27(14)16(23-11)18-25-24-17(30-18)15(20)21/h8-9,15,26H,3-7H2,1-2H3. The highest BCUT2D eigenvalue weighted by Crippen LogP contribution is 2.39. The van der Waals surface area contributed by atoms with Crippen molar-refractivity contribution in [3.63, 3.8) is 0 Å². The van der Waals surface area contributed by atoms with Crippen LogP contribution in [0.25, 0.3) is 16.3 Å². The molecule has 0 amide bonds. The van der Waals surface area contributed by atoms with Crippen LogP contribution in [0.5, 0.6) is 5.75 Å². The van der Waals surface area contributed by atoms with E-state index in [1.54, 1.807) is 11.5 Å². The predicted molar refractivity (Wildman–Crippen MR) is 112 cm³/mol. The molecule has 31 heavy (non-hydrogen) atoms. The maximum absolute atomic E-state index is 13.0. The van der Waals surface area contributed by atoms with Gasteiger partial charge in [0, 0.05) is 31.2 Å². The van der Waals surface area contributed by atoms with E-state index in [4.69, 9.17) is 9.47 Å². The molecule has 1 saturated carbocycles. The van der Waals surface area contributed by atoms with Gasteiger partial charge in [-0.15, -0.1) is 10.2 Å². The van der Waals surface area contributed by atoms with Crippen molar-refractivity contribution in [1.29, 1.82) is 5.26 Å². The average Bonchev–Trinajstić information content (AvgIpc) is 3.23. The zero-order chi connectivity index (χ0) is 22.0. The summed E-state index contributed by atoms with van der Waals surface area (Å²) in [6.45, 7) is 2.85. The van der Waals surface area contributed by atoms with Crippen molar-refractivity contribution in [2.24, 2.45) is 0 Å². The number of alkyl halides is 2. The van der Waals surface area contributed by atoms with E-state index in [2.05, 4.69) is 26.0 Å². The molecule has 1 aliphatic rings. The Labute approximate surface area is 185 Å². The quantitative estimate of drug-likeness (QED) is 0.351. The van der Waals surface area contributed by atoms with Gasteiger partial charge in [-0.3, -0.25) is 4.40 Å². The number of nitrogens with zero attached hydrogens (tertiary/aromatic N) is 5. The van der Waals surface area contributed by atoms with Crippen LogP contribution < -0.4 is 9.46 Å². The van der Waals surface area contributed by atoms with Crippen LogP contribution in [0, 0.1) is 18.3 Å². The van der Waals surface area contributed by atoms with Gasteiger partial charge in [0.15, 0.2) is 15.8 Å². The summed E-state index contributed by atoms with van der Waals surface area (Å²) in [5.74, 6) is 1.03. The smallest absolute Gasteiger partial charge is 0.291 e. The molecule has 3 aromatic heterocycles. The first-order valence-electron chi connectivity index (χ1n) is 9.58. The largest absolute Gasteiger partial charge is 0.491 e. The number of ether oxygens (including phenoxy) is 2. The van der Waals surface area contributed by atoms with E-state index in [0.717, 1.165) is 34.6 Å². The summed E-state index contributed by atoms with van der Waals surface area (Å²) in [5, 5.41) is 16.8. The molecule has 3 heterocycles. The first-order chi connectivity index (χ1) is 15.0. The van der Waals surface area contributed by atoms with Gasteiger partial charge in [0.05, 0.1) is 18.4 Å². The third kappa shape index (κ3) is 4.64. The van der Waals surface area contributed by atoms with Crippen molar-refractivity contribution >= 4 is 28.8 Å². The number of halogens is 2. The highest BCUT2D eigenvalue weighted by atomic mass is 32.2. The number of fused-ring (bicyclic) bond motifs is 1. The van der Waals surface area contributed by atoms with Crippen molar-refractivity contribution in [3.8, 4) is 22.7 Å². The summed E-state index contributed by atoms with van der Waals surface area (Å²) in [7, 11) is 1.63. The summed E-state index contributed by atoms with van der Waals surface area (Å²) < 4.78 is 42.1. The summed E-state index contributed by atoms with van der Waals surface area (Å²) in [5.41, 5.74) is 0.913. The molecule has 1 fully saturated rings. The van der Waals surface area contributed by atoms with Crippen molar-refractivity contribution in [2.45, 2.75) is 43.0 Å². The number of nitrogens with one attached hydrogen (secondary N) is 1. The second-order valence-electron chi connectivity index (χ2n) is 7.12. The molecule has 0 saturated heterocycles. The maximum Gasteiger partial charge on any atom is 0.291 e. The van der Waals surface area contributed by atoms with Gasteiger partial charge in [-0.2, -0.15) is 5.26 Å². The van der Waals surface area contributed by atoms with Crippen LogP contribution in [-0.4, -0.2) is 45.4 Å². The van der Waals surface area contributed by atoms with Gasteiger partial charge in [-0.25, -0.2) is 18.5 Å². The van der Waals surface area contributed by atoms with Crippen molar-refractivity contribution in [1.82, 2.24) is 24.3 Å². The Morgan fingerprint density at radius 1 is 1.39 bits per heavy atom. The lowest BCUT2D eigenvalue weighted by molar-refractivity contribution is 0.150. The van der Waals surface area contributed by atoms with Gasteiger partial charge in [-0.05, 0) is 37.8 Å². The van der Waals surface area contributed by atoms with Crippen molar-refractivity contribution in [3.05, 3.63) is 23.0 Å². The number of pyridine rings is 1. The van der Waals surface area contributed by atoms with E-state index in [0.29, 0.717) is 41.9 Å². The number of hydrogen-bond donors (Lipinski definition) is 1. The number of rotatable bonds is 10. The molecule has 4 rings (SSSR count). The minimum absolute atomic E-state index is 0.300. The zero-order valence-corrected chi connectivity index (χ0v) is 18.5. The highest BCUT2D eigenvalue weighted by molar-refractivity contribution is 7.97. The fraction of sp³-hybridized carbons (Fsp3) is 0.474. The van der Waals surface area contributed by atoms with E-state index in [1.807, 2.05) is 19.2 Å². The molecule has 8 nitrogen and oxygen atoms in total. The molecule has 12 heteroatoms. The van der Waals surface area contributed by atoms with Crippen LogP contribution >= 0.6 is 23.3 Å². The third-order valence-corrected chi connectivity index (χ3v) is 6.62. The number of methoxy groups -OCH3 is 1. The van der Waals surface area contributed by atoms with Crippen LogP contribution in [0.3, 0.4) is 0 Å². The summed E-state index contributed by atoms with van der Waals surface area (Å²) in [6.07, 6.45) is 1.46. The molecule has 0 spiro atoms. The lowest BCUT2D eigenvalue weighted by Crippen LogP contribution is -2.22. The minimum atomic E-state index is -2.69. The topological polar surface area (TPSA) is 97.4 Å². The lowest BCUT2D eigenvalue weighted by Gasteiger charge is -2.13. The first-order valence-corrected chi connectivity index (χ1v) is 11.2. The molecule has 0 aromatic carbocycles. The van der Waals surface area contributed by atoms with Crippen LogP contribution in [-0.2, 0) is 4.74 Å². The summed E-state index contributed by atoms with van der Waals surface area (Å²) >= 11 is 2.14. The fourth-order valence-electron chi connectivity index (χ4n) is 2.96. The first kappa shape index (κ1) is 21.9. The summed E-state index contributed by atoms with van der Waals surface area (Å²) in [4.78, 5) is 5.35. The predicted octanol–water partition coefficient (Wildman–Crippen LogP) is 4.17. The molecule has 0 atom stereocenters. The van der Waals surface area contributed by atoms with E-state index in [1.165, 1.54) is 11.9 Å². The zero-order valence-electron chi connectivity index (χ0n) is 16.9. The number of nitriles is 1. The van der Waals surface area contributed by atoms with E-state index < -0.39 is 12.0 Å². The lowest BCUT2D eigenvalue weighted by atomic mass is 10.3. The second-order valence-corrected chi connectivity index (χ2v) is 9.01. The molecule has 1 aliphatic carbocycles. The normalized spacial score (nSPS) is 14.8. The molecule has 0 radical (unpaired) electrons. The van der Waals surface area contributed by atoms with Crippen LogP contribution in [0.2, 0.25) is 0 Å². The number of aryl methyl sites for hydroxylation is 1. The molecule has 0 bridgehead atoms. The van der Waals surface area contributed by atoms with Crippen LogP contribution in [0.1, 0.15) is 36.4 Å². The van der Waals surface area contributed by atoms with Gasteiger partial charge in [0.2, 0.25) is 0 Å². The average molecular weight is 467 g/mol. The monoisotopic (exact) mass is 466 g/mol. The summed E-state index contributed by atoms with van der Waals surface area (Å²) in [6, 6.07) is 4.18. The molecular formula is C19H20F2N6O2S2. The molecule has 1 N–H and O–H groups in total. The Balaban J connectivity index is 1.72. The Bertz CT molecular complexity index is 1120. The fourth-order valence-corrected chi connectivity index (χ4v) is 4.54.